The molecule has 1 aliphatic heterocycles. The zero-order valence-electron chi connectivity index (χ0n) is 9.25. The molecule has 1 amide bonds. The number of hydrogen-bond donors (Lipinski definition) is 4. The van der Waals surface area contributed by atoms with Crippen LogP contribution in [0.15, 0.2) is 0 Å². The topological polar surface area (TPSA) is 107 Å². The Morgan fingerprint density at radius 3 is 2.81 bits per heavy atom. The van der Waals surface area contributed by atoms with E-state index in [1.54, 1.807) is 0 Å². The van der Waals surface area contributed by atoms with Crippen LogP contribution in [0.4, 0.5) is 0 Å². The average molecular weight is 230 g/mol. The number of likely N-dealkylation sites (tertiary alicyclic amines) is 1. The maximum Gasteiger partial charge on any atom is 0.475 e. The van der Waals surface area contributed by atoms with Crippen LogP contribution >= 0.6 is 0 Å². The van der Waals surface area contributed by atoms with Gasteiger partial charge in [-0.1, -0.05) is 0 Å². The second kappa shape index (κ2) is 6.19. The Morgan fingerprint density at radius 2 is 2.25 bits per heavy atom. The number of carbonyl (C=O) groups is 1. The smallest absolute Gasteiger partial charge is 0.426 e. The number of aliphatic hydroxyl groups excluding tert-OH is 1. The molecule has 2 atom stereocenters. The first-order valence-electron chi connectivity index (χ1n) is 5.61. The largest absolute Gasteiger partial charge is 0.475 e. The van der Waals surface area contributed by atoms with Gasteiger partial charge in [0.15, 0.2) is 0 Å². The van der Waals surface area contributed by atoms with Gasteiger partial charge in [0.1, 0.15) is 0 Å². The number of nitrogens with two attached hydrogens (primary N) is 1. The molecule has 1 rings (SSSR count). The molecule has 0 spiro atoms. The molecule has 6 nitrogen and oxygen atoms in total. The zero-order chi connectivity index (χ0) is 12.1. The lowest BCUT2D eigenvalue weighted by Gasteiger charge is -2.26. The fraction of sp³-hybridized carbons (Fsp3) is 0.889. The van der Waals surface area contributed by atoms with Crippen molar-refractivity contribution >= 4 is 13.0 Å². The van der Waals surface area contributed by atoms with E-state index in [-0.39, 0.29) is 12.5 Å². The third-order valence-corrected chi connectivity index (χ3v) is 2.92. The van der Waals surface area contributed by atoms with Gasteiger partial charge >= 0.3 is 7.12 Å². The van der Waals surface area contributed by atoms with Crippen molar-refractivity contribution in [1.82, 2.24) is 4.90 Å². The van der Waals surface area contributed by atoms with Gasteiger partial charge in [-0.05, 0) is 25.7 Å². The maximum atomic E-state index is 11.9. The van der Waals surface area contributed by atoms with Crippen LogP contribution in [0.3, 0.4) is 0 Å². The lowest BCUT2D eigenvalue weighted by atomic mass is 9.77. The van der Waals surface area contributed by atoms with Crippen molar-refractivity contribution < 1.29 is 19.9 Å². The first-order valence-corrected chi connectivity index (χ1v) is 5.61. The van der Waals surface area contributed by atoms with Gasteiger partial charge in [-0.15, -0.1) is 0 Å². The third-order valence-electron chi connectivity index (χ3n) is 2.92. The van der Waals surface area contributed by atoms with Crippen LogP contribution in [0.5, 0.6) is 0 Å². The standard InChI is InChI=1S/C9H19BN2O4/c11-7(3-2-6-13)9(14)12-5-1-4-8(12)10(15)16/h7-8,13,15-16H,1-6,11H2/t7?,8-/m0/s1. The lowest BCUT2D eigenvalue weighted by Crippen LogP contribution is -2.51. The molecular formula is C9H19BN2O4. The molecule has 0 aromatic carbocycles. The molecule has 0 saturated carbocycles. The van der Waals surface area contributed by atoms with Crippen molar-refractivity contribution in [2.75, 3.05) is 13.2 Å². The normalized spacial score (nSPS) is 22.2. The monoisotopic (exact) mass is 230 g/mol. The van der Waals surface area contributed by atoms with E-state index in [0.717, 1.165) is 6.42 Å². The Balaban J connectivity index is 2.51. The summed E-state index contributed by atoms with van der Waals surface area (Å²) in [5.74, 6) is -0.795. The van der Waals surface area contributed by atoms with Crippen molar-refractivity contribution in [3.05, 3.63) is 0 Å². The maximum absolute atomic E-state index is 11.9. The average Bonchev–Trinajstić information content (AvgIpc) is 2.73. The number of hydrogen-bond acceptors (Lipinski definition) is 5. The number of aliphatic hydroxyl groups is 1. The van der Waals surface area contributed by atoms with Crippen LogP contribution in [-0.4, -0.2) is 58.2 Å². The van der Waals surface area contributed by atoms with Gasteiger partial charge in [0, 0.05) is 13.2 Å². The summed E-state index contributed by atoms with van der Waals surface area (Å²) in [6, 6.07) is -0.661. The fourth-order valence-electron chi connectivity index (χ4n) is 2.02. The number of amides is 1. The molecule has 0 bridgehead atoms. The molecular weight excluding hydrogens is 211 g/mol. The van der Waals surface area contributed by atoms with Crippen molar-refractivity contribution in [2.24, 2.45) is 5.73 Å². The number of carbonyl (C=O) groups excluding carboxylic acids is 1. The molecule has 5 N–H and O–H groups in total. The highest BCUT2D eigenvalue weighted by Crippen LogP contribution is 2.19. The summed E-state index contributed by atoms with van der Waals surface area (Å²) in [5.41, 5.74) is 5.68. The first kappa shape index (κ1) is 13.4. The summed E-state index contributed by atoms with van der Waals surface area (Å²) >= 11 is 0. The molecule has 1 saturated heterocycles. The van der Waals surface area contributed by atoms with Crippen molar-refractivity contribution in [1.29, 1.82) is 0 Å². The Labute approximate surface area is 95.2 Å². The van der Waals surface area contributed by atoms with Gasteiger partial charge in [0.25, 0.3) is 0 Å². The Kier molecular flexibility index (Phi) is 5.20. The Morgan fingerprint density at radius 1 is 1.56 bits per heavy atom. The number of rotatable bonds is 5. The summed E-state index contributed by atoms with van der Waals surface area (Å²) < 4.78 is 0. The van der Waals surface area contributed by atoms with Crippen LogP contribution in [0.2, 0.25) is 0 Å². The lowest BCUT2D eigenvalue weighted by molar-refractivity contribution is -0.132. The van der Waals surface area contributed by atoms with E-state index in [1.165, 1.54) is 4.90 Å². The molecule has 0 aliphatic carbocycles. The van der Waals surface area contributed by atoms with Crippen LogP contribution in [0.1, 0.15) is 25.7 Å². The minimum atomic E-state index is -1.50. The Hall–Kier alpha value is -0.625. The molecule has 0 aromatic rings. The second-order valence-corrected chi connectivity index (χ2v) is 4.13. The fourth-order valence-corrected chi connectivity index (χ4v) is 2.02. The quantitative estimate of drug-likeness (QED) is 0.412. The third kappa shape index (κ3) is 3.18. The molecule has 0 aromatic heterocycles. The minimum Gasteiger partial charge on any atom is -0.426 e. The van der Waals surface area contributed by atoms with E-state index in [0.29, 0.717) is 25.8 Å². The van der Waals surface area contributed by atoms with Crippen LogP contribution < -0.4 is 5.73 Å². The van der Waals surface area contributed by atoms with E-state index in [4.69, 9.17) is 20.9 Å². The SMILES string of the molecule is NC(CCCO)C(=O)N1CCC[C@H]1B(O)O. The van der Waals surface area contributed by atoms with E-state index < -0.39 is 19.1 Å². The highest BCUT2D eigenvalue weighted by Gasteiger charge is 2.38. The summed E-state index contributed by atoms with van der Waals surface area (Å²) in [5, 5.41) is 26.9. The van der Waals surface area contributed by atoms with Gasteiger partial charge in [0.2, 0.25) is 5.91 Å². The summed E-state index contributed by atoms with van der Waals surface area (Å²) in [6.07, 6.45) is 2.25. The van der Waals surface area contributed by atoms with Crippen molar-refractivity contribution in [3.63, 3.8) is 0 Å². The van der Waals surface area contributed by atoms with E-state index >= 15 is 0 Å². The van der Waals surface area contributed by atoms with Crippen LogP contribution in [0.25, 0.3) is 0 Å². The van der Waals surface area contributed by atoms with E-state index in [1.807, 2.05) is 0 Å². The highest BCUT2D eigenvalue weighted by atomic mass is 16.4. The molecule has 1 fully saturated rings. The highest BCUT2D eigenvalue weighted by molar-refractivity contribution is 6.43. The predicted molar refractivity (Wildman–Crippen MR) is 59.2 cm³/mol. The summed E-state index contributed by atoms with van der Waals surface area (Å²) in [4.78, 5) is 13.3. The van der Waals surface area contributed by atoms with E-state index in [2.05, 4.69) is 0 Å². The van der Waals surface area contributed by atoms with Crippen molar-refractivity contribution in [2.45, 2.75) is 37.7 Å². The van der Waals surface area contributed by atoms with Crippen LogP contribution in [-0.2, 0) is 4.79 Å². The van der Waals surface area contributed by atoms with Gasteiger partial charge in [0.05, 0.1) is 12.0 Å². The molecule has 0 radical (unpaired) electrons. The van der Waals surface area contributed by atoms with Crippen molar-refractivity contribution in [3.8, 4) is 0 Å². The van der Waals surface area contributed by atoms with Crippen LogP contribution in [0, 0.1) is 0 Å². The van der Waals surface area contributed by atoms with Gasteiger partial charge in [-0.2, -0.15) is 0 Å². The minimum absolute atomic E-state index is 0.00698. The molecule has 1 heterocycles. The number of nitrogens with zero attached hydrogens (tertiary/aromatic N) is 1. The molecule has 7 heteroatoms. The molecule has 92 valence electrons. The predicted octanol–water partition coefficient (Wildman–Crippen LogP) is -1.91. The molecule has 1 unspecified atom stereocenters. The summed E-state index contributed by atoms with van der Waals surface area (Å²) in [6.45, 7) is 0.529. The van der Waals surface area contributed by atoms with Gasteiger partial charge in [-0.25, -0.2) is 0 Å². The van der Waals surface area contributed by atoms with Gasteiger partial charge < -0.3 is 25.8 Å². The van der Waals surface area contributed by atoms with E-state index in [9.17, 15) is 4.79 Å². The van der Waals surface area contributed by atoms with Gasteiger partial charge in [-0.3, -0.25) is 4.79 Å². The summed E-state index contributed by atoms with van der Waals surface area (Å²) in [7, 11) is -1.50. The second-order valence-electron chi connectivity index (χ2n) is 4.13. The zero-order valence-corrected chi connectivity index (χ0v) is 9.25. The molecule has 16 heavy (non-hydrogen) atoms. The molecule has 1 aliphatic rings. The first-order chi connectivity index (χ1) is 7.57. The Bertz CT molecular complexity index is 240.